The topological polar surface area (TPSA) is 102 Å². The lowest BCUT2D eigenvalue weighted by Gasteiger charge is -2.14. The van der Waals surface area contributed by atoms with E-state index in [9.17, 15) is 19.7 Å². The normalized spacial score (nSPS) is 14.5. The van der Waals surface area contributed by atoms with Gasteiger partial charge < -0.3 is 4.74 Å². The highest BCUT2D eigenvalue weighted by Crippen LogP contribution is 2.29. The van der Waals surface area contributed by atoms with Crippen LogP contribution >= 0.6 is 11.6 Å². The molecule has 0 saturated carbocycles. The number of carbonyl (C=O) groups is 2. The lowest BCUT2D eigenvalue weighted by atomic mass is 10.1. The van der Waals surface area contributed by atoms with E-state index in [0.717, 1.165) is 10.6 Å². The fourth-order valence-corrected chi connectivity index (χ4v) is 3.23. The van der Waals surface area contributed by atoms with Crippen LogP contribution in [0.3, 0.4) is 0 Å². The Balaban J connectivity index is 1.66. The van der Waals surface area contributed by atoms with Crippen molar-refractivity contribution in [3.63, 3.8) is 0 Å². The fraction of sp³-hybridized carbons (Fsp3) is 0.0435. The molecule has 1 fully saturated rings. The Labute approximate surface area is 187 Å². The van der Waals surface area contributed by atoms with Gasteiger partial charge in [0.1, 0.15) is 17.9 Å². The molecule has 1 saturated heterocycles. The van der Waals surface area contributed by atoms with Gasteiger partial charge in [-0.2, -0.15) is 0 Å². The van der Waals surface area contributed by atoms with Crippen LogP contribution in [-0.4, -0.2) is 16.7 Å². The average molecular weight is 450 g/mol. The quantitative estimate of drug-likeness (QED) is 0.262. The minimum absolute atomic E-state index is 0.161. The Morgan fingerprint density at radius 1 is 1.03 bits per heavy atom. The highest BCUT2D eigenvalue weighted by Gasteiger charge is 2.34. The summed E-state index contributed by atoms with van der Waals surface area (Å²) in [6.45, 7) is 0.168. The monoisotopic (exact) mass is 449 g/mol. The zero-order valence-corrected chi connectivity index (χ0v) is 17.3. The molecule has 1 heterocycles. The number of hydrazine groups is 1. The van der Waals surface area contributed by atoms with Gasteiger partial charge in [-0.3, -0.25) is 25.1 Å². The maximum absolute atomic E-state index is 12.8. The number of nitrogens with zero attached hydrogens (tertiary/aromatic N) is 2. The fourth-order valence-electron chi connectivity index (χ4n) is 3.11. The molecule has 0 spiro atoms. The lowest BCUT2D eigenvalue weighted by molar-refractivity contribution is -0.384. The number of nitro benzene ring substituents is 1. The standard InChI is InChI=1S/C23H16ClN3O5/c24-17-8-6-15(7-9-17)14-32-21-11-10-19(27(30)31)12-16(21)13-20-22(28)25-26(23(20)29)18-4-2-1-3-5-18/h1-13H,14H2,(H,25,28). The number of halogens is 1. The first-order chi connectivity index (χ1) is 15.4. The molecular weight excluding hydrogens is 434 g/mol. The van der Waals surface area contributed by atoms with Crippen molar-refractivity contribution in [3.8, 4) is 5.75 Å². The highest BCUT2D eigenvalue weighted by molar-refractivity contribution is 6.31. The summed E-state index contributed by atoms with van der Waals surface area (Å²) in [6.07, 6.45) is 1.30. The average Bonchev–Trinajstić information content (AvgIpc) is 3.08. The van der Waals surface area contributed by atoms with Crippen molar-refractivity contribution in [3.05, 3.63) is 105 Å². The van der Waals surface area contributed by atoms with Gasteiger partial charge in [0.25, 0.3) is 17.5 Å². The largest absolute Gasteiger partial charge is 0.488 e. The number of anilines is 1. The van der Waals surface area contributed by atoms with Crippen molar-refractivity contribution >= 4 is 40.9 Å². The molecule has 0 aliphatic carbocycles. The molecule has 160 valence electrons. The van der Waals surface area contributed by atoms with Crippen LogP contribution in [-0.2, 0) is 16.2 Å². The minimum atomic E-state index is -0.617. The molecule has 0 aromatic heterocycles. The number of para-hydroxylation sites is 1. The lowest BCUT2D eigenvalue weighted by Crippen LogP contribution is -2.35. The molecule has 0 radical (unpaired) electrons. The van der Waals surface area contributed by atoms with Gasteiger partial charge in [0.2, 0.25) is 0 Å². The Bertz CT molecular complexity index is 1230. The molecule has 4 rings (SSSR count). The maximum Gasteiger partial charge on any atom is 0.282 e. The van der Waals surface area contributed by atoms with Crippen molar-refractivity contribution in [2.75, 3.05) is 5.01 Å². The van der Waals surface area contributed by atoms with Crippen LogP contribution in [0.15, 0.2) is 78.4 Å². The summed E-state index contributed by atoms with van der Waals surface area (Å²) in [6, 6.07) is 19.6. The van der Waals surface area contributed by atoms with E-state index in [0.29, 0.717) is 10.7 Å². The number of carbonyl (C=O) groups excluding carboxylic acids is 2. The molecule has 0 unspecified atom stereocenters. The van der Waals surface area contributed by atoms with Crippen molar-refractivity contribution < 1.29 is 19.2 Å². The molecule has 0 atom stereocenters. The molecule has 1 aliphatic heterocycles. The van der Waals surface area contributed by atoms with Crippen LogP contribution < -0.4 is 15.2 Å². The Morgan fingerprint density at radius 2 is 1.75 bits per heavy atom. The predicted octanol–water partition coefficient (Wildman–Crippen LogP) is 4.29. The van der Waals surface area contributed by atoms with Gasteiger partial charge in [0.15, 0.2) is 0 Å². The van der Waals surface area contributed by atoms with E-state index in [1.807, 2.05) is 0 Å². The molecule has 0 bridgehead atoms. The third kappa shape index (κ3) is 4.45. The van der Waals surface area contributed by atoms with Gasteiger partial charge in [0, 0.05) is 22.7 Å². The number of non-ortho nitro benzene ring substituents is 1. The van der Waals surface area contributed by atoms with E-state index in [1.54, 1.807) is 54.6 Å². The van der Waals surface area contributed by atoms with Crippen LogP contribution in [0.25, 0.3) is 6.08 Å². The molecule has 1 N–H and O–H groups in total. The van der Waals surface area contributed by atoms with Crippen LogP contribution in [0.1, 0.15) is 11.1 Å². The summed E-state index contributed by atoms with van der Waals surface area (Å²) in [5, 5.41) is 13.0. The highest BCUT2D eigenvalue weighted by atomic mass is 35.5. The van der Waals surface area contributed by atoms with Crippen molar-refractivity contribution in [2.24, 2.45) is 0 Å². The van der Waals surface area contributed by atoms with E-state index in [1.165, 1.54) is 24.3 Å². The number of hydrogen-bond acceptors (Lipinski definition) is 5. The first kappa shape index (κ1) is 21.1. The first-order valence-electron chi connectivity index (χ1n) is 9.50. The van der Waals surface area contributed by atoms with Gasteiger partial charge in [-0.25, -0.2) is 5.01 Å². The molecule has 3 aromatic rings. The third-order valence-electron chi connectivity index (χ3n) is 4.72. The van der Waals surface area contributed by atoms with Crippen molar-refractivity contribution in [1.29, 1.82) is 0 Å². The van der Waals surface area contributed by atoms with Gasteiger partial charge >= 0.3 is 0 Å². The summed E-state index contributed by atoms with van der Waals surface area (Å²) < 4.78 is 5.82. The van der Waals surface area contributed by atoms with Crippen molar-refractivity contribution in [1.82, 2.24) is 5.43 Å². The second-order valence-electron chi connectivity index (χ2n) is 6.87. The predicted molar refractivity (Wildman–Crippen MR) is 119 cm³/mol. The summed E-state index contributed by atoms with van der Waals surface area (Å²) in [7, 11) is 0. The molecule has 9 heteroatoms. The Kier molecular flexibility index (Phi) is 5.87. The van der Waals surface area contributed by atoms with Crippen LogP contribution in [0.2, 0.25) is 5.02 Å². The summed E-state index contributed by atoms with van der Waals surface area (Å²) in [4.78, 5) is 36.0. The van der Waals surface area contributed by atoms with Gasteiger partial charge in [-0.05, 0) is 42.0 Å². The molecule has 8 nitrogen and oxygen atoms in total. The van der Waals surface area contributed by atoms with Crippen LogP contribution in [0.5, 0.6) is 5.75 Å². The van der Waals surface area contributed by atoms with E-state index in [-0.39, 0.29) is 29.2 Å². The second-order valence-corrected chi connectivity index (χ2v) is 7.31. The molecule has 3 aromatic carbocycles. The number of benzene rings is 3. The van der Waals surface area contributed by atoms with Gasteiger partial charge in [0.05, 0.1) is 10.6 Å². The summed E-state index contributed by atoms with van der Waals surface area (Å²) in [5.41, 5.74) is 3.71. The number of nitrogens with one attached hydrogen (secondary N) is 1. The molecule has 1 aliphatic rings. The number of amides is 2. The van der Waals surface area contributed by atoms with Gasteiger partial charge in [-0.15, -0.1) is 0 Å². The number of nitro groups is 1. The number of ether oxygens (including phenoxy) is 1. The van der Waals surface area contributed by atoms with Crippen molar-refractivity contribution in [2.45, 2.75) is 6.61 Å². The van der Waals surface area contributed by atoms with E-state index in [2.05, 4.69) is 5.43 Å². The Hall–Kier alpha value is -4.17. The number of rotatable bonds is 6. The Morgan fingerprint density at radius 3 is 2.44 bits per heavy atom. The van der Waals surface area contributed by atoms with Gasteiger partial charge in [-0.1, -0.05) is 41.9 Å². The maximum atomic E-state index is 12.8. The molecule has 2 amide bonds. The summed E-state index contributed by atoms with van der Waals surface area (Å²) >= 11 is 5.89. The number of hydrogen-bond donors (Lipinski definition) is 1. The zero-order valence-electron chi connectivity index (χ0n) is 16.5. The summed E-state index contributed by atoms with van der Waals surface area (Å²) in [5.74, 6) is -0.901. The first-order valence-corrected chi connectivity index (χ1v) is 9.88. The third-order valence-corrected chi connectivity index (χ3v) is 4.97. The van der Waals surface area contributed by atoms with E-state index < -0.39 is 16.7 Å². The van der Waals surface area contributed by atoms with E-state index >= 15 is 0 Å². The van der Waals surface area contributed by atoms with Crippen LogP contribution in [0, 0.1) is 10.1 Å². The second kappa shape index (κ2) is 8.91. The molecule has 32 heavy (non-hydrogen) atoms. The molecular formula is C23H16ClN3O5. The van der Waals surface area contributed by atoms with Crippen LogP contribution in [0.4, 0.5) is 11.4 Å². The smallest absolute Gasteiger partial charge is 0.282 e. The zero-order chi connectivity index (χ0) is 22.7. The minimum Gasteiger partial charge on any atom is -0.488 e. The SMILES string of the molecule is O=C1NN(c2ccccc2)C(=O)C1=Cc1cc([N+](=O)[O-])ccc1OCc1ccc(Cl)cc1. The van der Waals surface area contributed by atoms with E-state index in [4.69, 9.17) is 16.3 Å².